The number of hydrogen-bond acceptors (Lipinski definition) is 1. The third-order valence-electron chi connectivity index (χ3n) is 2.81. The summed E-state index contributed by atoms with van der Waals surface area (Å²) in [5, 5.41) is 0. The molecule has 1 nitrogen and oxygen atoms in total. The minimum absolute atomic E-state index is 0.0550. The summed E-state index contributed by atoms with van der Waals surface area (Å²) in [5.41, 5.74) is -0.119. The SMILES string of the molecule is CC(C)C(C(C)C)C(C)(C)OC(C)(C)C. The van der Waals surface area contributed by atoms with Crippen LogP contribution in [0, 0.1) is 17.8 Å². The smallest absolute Gasteiger partial charge is 0.0666 e. The zero-order chi connectivity index (χ0) is 12.4. The van der Waals surface area contributed by atoms with Crippen LogP contribution in [-0.4, -0.2) is 11.2 Å². The van der Waals surface area contributed by atoms with E-state index in [2.05, 4.69) is 62.3 Å². The Morgan fingerprint density at radius 1 is 0.733 bits per heavy atom. The molecule has 0 bridgehead atoms. The maximum absolute atomic E-state index is 6.21. The quantitative estimate of drug-likeness (QED) is 0.669. The molecule has 0 N–H and O–H groups in total. The molecule has 0 rings (SSSR count). The van der Waals surface area contributed by atoms with Crippen molar-refractivity contribution in [1.29, 1.82) is 0 Å². The van der Waals surface area contributed by atoms with Crippen LogP contribution in [0.1, 0.15) is 62.3 Å². The number of rotatable bonds is 4. The van der Waals surface area contributed by atoms with Gasteiger partial charge in [-0.25, -0.2) is 0 Å². The van der Waals surface area contributed by atoms with E-state index in [4.69, 9.17) is 4.74 Å². The van der Waals surface area contributed by atoms with Gasteiger partial charge in [-0.05, 0) is 52.4 Å². The maximum Gasteiger partial charge on any atom is 0.0666 e. The molecule has 0 radical (unpaired) electrons. The van der Waals surface area contributed by atoms with Gasteiger partial charge in [0.05, 0.1) is 11.2 Å². The van der Waals surface area contributed by atoms with Crippen molar-refractivity contribution in [1.82, 2.24) is 0 Å². The van der Waals surface area contributed by atoms with Gasteiger partial charge in [-0.1, -0.05) is 27.7 Å². The van der Waals surface area contributed by atoms with Gasteiger partial charge >= 0.3 is 0 Å². The highest BCUT2D eigenvalue weighted by atomic mass is 16.5. The van der Waals surface area contributed by atoms with E-state index in [1.165, 1.54) is 0 Å². The molecule has 0 unspecified atom stereocenters. The van der Waals surface area contributed by atoms with Gasteiger partial charge in [0.1, 0.15) is 0 Å². The average Bonchev–Trinajstić information content (AvgIpc) is 1.74. The summed E-state index contributed by atoms with van der Waals surface area (Å²) in [6.45, 7) is 20.0. The lowest BCUT2D eigenvalue weighted by Gasteiger charge is -2.43. The second-order valence-corrected chi connectivity index (χ2v) is 6.83. The lowest BCUT2D eigenvalue weighted by Crippen LogP contribution is -2.45. The predicted molar refractivity (Wildman–Crippen MR) is 68.1 cm³/mol. The monoisotopic (exact) mass is 214 g/mol. The molecule has 0 aliphatic rings. The molecule has 0 atom stereocenters. The van der Waals surface area contributed by atoms with Crippen molar-refractivity contribution in [3.63, 3.8) is 0 Å². The number of hydrogen-bond donors (Lipinski definition) is 0. The standard InChI is InChI=1S/C14H30O/c1-10(2)12(11(3)4)14(8,9)15-13(5,6)7/h10-12H,1-9H3. The van der Waals surface area contributed by atoms with Crippen molar-refractivity contribution in [3.05, 3.63) is 0 Å². The van der Waals surface area contributed by atoms with Crippen molar-refractivity contribution >= 4 is 0 Å². The maximum atomic E-state index is 6.21. The van der Waals surface area contributed by atoms with Gasteiger partial charge in [-0.15, -0.1) is 0 Å². The summed E-state index contributed by atoms with van der Waals surface area (Å²) in [6, 6.07) is 0. The highest BCUT2D eigenvalue weighted by Crippen LogP contribution is 2.36. The van der Waals surface area contributed by atoms with Gasteiger partial charge in [0, 0.05) is 0 Å². The molecule has 1 heteroatoms. The van der Waals surface area contributed by atoms with Crippen LogP contribution in [0.15, 0.2) is 0 Å². The normalized spacial score (nSPS) is 14.4. The Hall–Kier alpha value is -0.0400. The molecule has 0 aliphatic carbocycles. The average molecular weight is 214 g/mol. The highest BCUT2D eigenvalue weighted by Gasteiger charge is 2.37. The molecule has 15 heavy (non-hydrogen) atoms. The molecule has 0 aromatic rings. The van der Waals surface area contributed by atoms with Crippen LogP contribution in [0.25, 0.3) is 0 Å². The molecule has 0 aromatic heterocycles. The Kier molecular flexibility index (Phi) is 4.85. The summed E-state index contributed by atoms with van der Waals surface area (Å²) in [5.74, 6) is 1.90. The second-order valence-electron chi connectivity index (χ2n) is 6.83. The van der Waals surface area contributed by atoms with Gasteiger partial charge in [-0.2, -0.15) is 0 Å². The highest BCUT2D eigenvalue weighted by molar-refractivity contribution is 4.86. The van der Waals surface area contributed by atoms with E-state index >= 15 is 0 Å². The lowest BCUT2D eigenvalue weighted by molar-refractivity contribution is -0.158. The molecule has 0 aliphatic heterocycles. The van der Waals surface area contributed by atoms with Crippen molar-refractivity contribution in [2.75, 3.05) is 0 Å². The molecule has 0 saturated carbocycles. The first kappa shape index (κ1) is 15.0. The fourth-order valence-corrected chi connectivity index (χ4v) is 3.23. The molecule has 0 fully saturated rings. The van der Waals surface area contributed by atoms with E-state index in [1.54, 1.807) is 0 Å². The van der Waals surface area contributed by atoms with Gasteiger partial charge < -0.3 is 4.74 Å². The van der Waals surface area contributed by atoms with E-state index in [0.29, 0.717) is 17.8 Å². The Bertz CT molecular complexity index is 176. The van der Waals surface area contributed by atoms with E-state index < -0.39 is 0 Å². The molecule has 0 amide bonds. The summed E-state index contributed by atoms with van der Waals surface area (Å²) in [7, 11) is 0. The topological polar surface area (TPSA) is 9.23 Å². The van der Waals surface area contributed by atoms with E-state index in [0.717, 1.165) is 0 Å². The van der Waals surface area contributed by atoms with Gasteiger partial charge in [0.15, 0.2) is 0 Å². The van der Waals surface area contributed by atoms with E-state index in [9.17, 15) is 0 Å². The molecular weight excluding hydrogens is 184 g/mol. The van der Waals surface area contributed by atoms with Crippen LogP contribution in [0.3, 0.4) is 0 Å². The zero-order valence-electron chi connectivity index (χ0n) is 12.1. The van der Waals surface area contributed by atoms with Crippen molar-refractivity contribution in [3.8, 4) is 0 Å². The first-order valence-electron chi connectivity index (χ1n) is 6.17. The third-order valence-corrected chi connectivity index (χ3v) is 2.81. The molecular formula is C14H30O. The van der Waals surface area contributed by atoms with Gasteiger partial charge in [0.2, 0.25) is 0 Å². The van der Waals surface area contributed by atoms with Crippen LogP contribution < -0.4 is 0 Å². The molecule has 0 heterocycles. The Morgan fingerprint density at radius 2 is 1.07 bits per heavy atom. The minimum Gasteiger partial charge on any atom is -0.370 e. The number of ether oxygens (including phenoxy) is 1. The Labute approximate surface area is 96.6 Å². The van der Waals surface area contributed by atoms with Crippen LogP contribution in [0.4, 0.5) is 0 Å². The Morgan fingerprint density at radius 3 is 1.27 bits per heavy atom. The summed E-state index contributed by atoms with van der Waals surface area (Å²) in [4.78, 5) is 0. The fraction of sp³-hybridized carbons (Fsp3) is 1.00. The van der Waals surface area contributed by atoms with Crippen molar-refractivity contribution < 1.29 is 4.74 Å². The first-order chi connectivity index (χ1) is 6.47. The molecule has 92 valence electrons. The summed E-state index contributed by atoms with van der Waals surface area (Å²) >= 11 is 0. The second kappa shape index (κ2) is 4.86. The van der Waals surface area contributed by atoms with Crippen LogP contribution in [0.5, 0.6) is 0 Å². The molecule has 0 spiro atoms. The van der Waals surface area contributed by atoms with Crippen molar-refractivity contribution in [2.24, 2.45) is 17.8 Å². The largest absolute Gasteiger partial charge is 0.370 e. The summed E-state index contributed by atoms with van der Waals surface area (Å²) in [6.07, 6.45) is 0. The van der Waals surface area contributed by atoms with Gasteiger partial charge in [-0.3, -0.25) is 0 Å². The van der Waals surface area contributed by atoms with Crippen molar-refractivity contribution in [2.45, 2.75) is 73.5 Å². The van der Waals surface area contributed by atoms with Crippen LogP contribution in [-0.2, 0) is 4.74 Å². The van der Waals surface area contributed by atoms with E-state index in [1.807, 2.05) is 0 Å². The van der Waals surface area contributed by atoms with Crippen LogP contribution >= 0.6 is 0 Å². The zero-order valence-corrected chi connectivity index (χ0v) is 12.1. The van der Waals surface area contributed by atoms with Crippen LogP contribution in [0.2, 0.25) is 0 Å². The van der Waals surface area contributed by atoms with E-state index in [-0.39, 0.29) is 11.2 Å². The molecule has 0 aromatic carbocycles. The lowest BCUT2D eigenvalue weighted by atomic mass is 9.74. The van der Waals surface area contributed by atoms with Gasteiger partial charge in [0.25, 0.3) is 0 Å². The first-order valence-corrected chi connectivity index (χ1v) is 6.17. The molecule has 0 saturated heterocycles. The third kappa shape index (κ3) is 5.01. The summed E-state index contributed by atoms with van der Waals surface area (Å²) < 4.78 is 6.21. The predicted octanol–water partition coefficient (Wildman–Crippen LogP) is 4.51. The minimum atomic E-state index is -0.0640. The Balaban J connectivity index is 4.80. The fourth-order valence-electron chi connectivity index (χ4n) is 3.23.